The molecule has 2 unspecified atom stereocenters. The van der Waals surface area contributed by atoms with Crippen LogP contribution in [0.15, 0.2) is 28.7 Å². The molecule has 0 aliphatic heterocycles. The van der Waals surface area contributed by atoms with Gasteiger partial charge in [-0.15, -0.1) is 0 Å². The standard InChI is InChI=1S/C15H22BrNO/c1-11(3-2-10-18)17-15(12-4-5-12)13-6-8-14(16)9-7-13/h6-9,11-12,15,17-18H,2-5,10H2,1H3. The van der Waals surface area contributed by atoms with Crippen LogP contribution in [0.3, 0.4) is 0 Å². The monoisotopic (exact) mass is 311 g/mol. The molecule has 1 saturated carbocycles. The quantitative estimate of drug-likeness (QED) is 0.805. The van der Waals surface area contributed by atoms with Gasteiger partial charge in [0.05, 0.1) is 0 Å². The first-order valence-corrected chi connectivity index (χ1v) is 7.62. The maximum absolute atomic E-state index is 8.89. The minimum Gasteiger partial charge on any atom is -0.396 e. The van der Waals surface area contributed by atoms with Gasteiger partial charge in [0, 0.05) is 23.2 Å². The van der Waals surface area contributed by atoms with Gasteiger partial charge in [-0.2, -0.15) is 0 Å². The molecule has 1 aliphatic rings. The predicted octanol–water partition coefficient (Wildman–Crippen LogP) is 3.65. The Labute approximate surface area is 118 Å². The highest BCUT2D eigenvalue weighted by atomic mass is 79.9. The Bertz CT molecular complexity index is 361. The number of benzene rings is 1. The van der Waals surface area contributed by atoms with E-state index in [1.54, 1.807) is 0 Å². The molecule has 2 atom stereocenters. The summed E-state index contributed by atoms with van der Waals surface area (Å²) in [6.07, 6.45) is 4.59. The number of halogens is 1. The summed E-state index contributed by atoms with van der Waals surface area (Å²) < 4.78 is 1.13. The van der Waals surface area contributed by atoms with Crippen LogP contribution < -0.4 is 5.32 Å². The Morgan fingerprint density at radius 1 is 1.33 bits per heavy atom. The molecule has 0 bridgehead atoms. The van der Waals surface area contributed by atoms with Crippen molar-refractivity contribution >= 4 is 15.9 Å². The van der Waals surface area contributed by atoms with Crippen LogP contribution in [0.25, 0.3) is 0 Å². The largest absolute Gasteiger partial charge is 0.396 e. The van der Waals surface area contributed by atoms with E-state index >= 15 is 0 Å². The highest BCUT2D eigenvalue weighted by molar-refractivity contribution is 9.10. The third kappa shape index (κ3) is 4.08. The lowest BCUT2D eigenvalue weighted by Crippen LogP contribution is -2.32. The van der Waals surface area contributed by atoms with E-state index in [0.29, 0.717) is 18.7 Å². The van der Waals surface area contributed by atoms with Crippen molar-refractivity contribution in [1.82, 2.24) is 5.32 Å². The Morgan fingerprint density at radius 3 is 2.56 bits per heavy atom. The van der Waals surface area contributed by atoms with Crippen LogP contribution in [-0.4, -0.2) is 17.8 Å². The third-order valence-corrected chi connectivity index (χ3v) is 4.11. The van der Waals surface area contributed by atoms with E-state index < -0.39 is 0 Å². The number of hydrogen-bond acceptors (Lipinski definition) is 2. The summed E-state index contributed by atoms with van der Waals surface area (Å²) in [5, 5.41) is 12.6. The van der Waals surface area contributed by atoms with E-state index in [4.69, 9.17) is 5.11 Å². The second kappa shape index (κ2) is 6.69. The molecular weight excluding hydrogens is 290 g/mol. The zero-order valence-corrected chi connectivity index (χ0v) is 12.5. The molecule has 0 amide bonds. The molecule has 2 N–H and O–H groups in total. The van der Waals surface area contributed by atoms with E-state index in [-0.39, 0.29) is 0 Å². The molecule has 1 fully saturated rings. The maximum atomic E-state index is 8.89. The second-order valence-corrected chi connectivity index (χ2v) is 6.22. The number of nitrogens with one attached hydrogen (secondary N) is 1. The van der Waals surface area contributed by atoms with Crippen molar-refractivity contribution in [3.8, 4) is 0 Å². The van der Waals surface area contributed by atoms with E-state index in [1.165, 1.54) is 18.4 Å². The molecule has 0 spiro atoms. The van der Waals surface area contributed by atoms with Gasteiger partial charge in [-0.1, -0.05) is 28.1 Å². The summed E-state index contributed by atoms with van der Waals surface area (Å²) in [6, 6.07) is 9.59. The van der Waals surface area contributed by atoms with Crippen LogP contribution in [0.5, 0.6) is 0 Å². The minimum absolute atomic E-state index is 0.290. The van der Waals surface area contributed by atoms with Gasteiger partial charge in [-0.25, -0.2) is 0 Å². The molecule has 0 radical (unpaired) electrons. The molecule has 100 valence electrons. The number of rotatable bonds is 7. The van der Waals surface area contributed by atoms with Gasteiger partial charge in [0.15, 0.2) is 0 Å². The van der Waals surface area contributed by atoms with Gasteiger partial charge in [0.2, 0.25) is 0 Å². The van der Waals surface area contributed by atoms with Crippen LogP contribution in [0.2, 0.25) is 0 Å². The van der Waals surface area contributed by atoms with Gasteiger partial charge in [0.25, 0.3) is 0 Å². The lowest BCUT2D eigenvalue weighted by atomic mass is 10.0. The van der Waals surface area contributed by atoms with Crippen molar-refractivity contribution in [3.63, 3.8) is 0 Å². The van der Waals surface area contributed by atoms with Gasteiger partial charge in [0.1, 0.15) is 0 Å². The zero-order chi connectivity index (χ0) is 13.0. The van der Waals surface area contributed by atoms with Crippen molar-refractivity contribution in [3.05, 3.63) is 34.3 Å². The topological polar surface area (TPSA) is 32.3 Å². The van der Waals surface area contributed by atoms with Gasteiger partial charge < -0.3 is 10.4 Å². The van der Waals surface area contributed by atoms with E-state index in [0.717, 1.165) is 23.2 Å². The lowest BCUT2D eigenvalue weighted by Gasteiger charge is -2.23. The van der Waals surface area contributed by atoms with E-state index in [9.17, 15) is 0 Å². The van der Waals surface area contributed by atoms with E-state index in [1.807, 2.05) is 0 Å². The molecular formula is C15H22BrNO. The zero-order valence-electron chi connectivity index (χ0n) is 10.9. The van der Waals surface area contributed by atoms with Crippen LogP contribution in [0.4, 0.5) is 0 Å². The number of aliphatic hydroxyl groups is 1. The molecule has 0 aromatic heterocycles. The Morgan fingerprint density at radius 2 is 2.00 bits per heavy atom. The fourth-order valence-electron chi connectivity index (χ4n) is 2.39. The maximum Gasteiger partial charge on any atom is 0.0431 e. The first kappa shape index (κ1) is 14.0. The van der Waals surface area contributed by atoms with Crippen LogP contribution >= 0.6 is 15.9 Å². The van der Waals surface area contributed by atoms with Crippen molar-refractivity contribution < 1.29 is 5.11 Å². The number of aliphatic hydroxyl groups excluding tert-OH is 1. The van der Waals surface area contributed by atoms with Crippen LogP contribution in [0.1, 0.15) is 44.2 Å². The smallest absolute Gasteiger partial charge is 0.0431 e. The van der Waals surface area contributed by atoms with E-state index in [2.05, 4.69) is 52.4 Å². The SMILES string of the molecule is CC(CCCO)NC(c1ccc(Br)cc1)C1CC1. The molecule has 1 aliphatic carbocycles. The molecule has 0 saturated heterocycles. The van der Waals surface area contributed by atoms with Crippen molar-refractivity contribution in [2.24, 2.45) is 5.92 Å². The third-order valence-electron chi connectivity index (χ3n) is 3.58. The molecule has 2 nitrogen and oxygen atoms in total. The summed E-state index contributed by atoms with van der Waals surface area (Å²) >= 11 is 3.48. The fraction of sp³-hybridized carbons (Fsp3) is 0.600. The first-order valence-electron chi connectivity index (χ1n) is 6.83. The van der Waals surface area contributed by atoms with Crippen molar-refractivity contribution in [2.75, 3.05) is 6.61 Å². The summed E-state index contributed by atoms with van der Waals surface area (Å²) in [4.78, 5) is 0. The fourth-order valence-corrected chi connectivity index (χ4v) is 2.66. The highest BCUT2D eigenvalue weighted by Gasteiger charge is 2.32. The average Bonchev–Trinajstić information content (AvgIpc) is 3.19. The summed E-state index contributed by atoms with van der Waals surface area (Å²) in [5.41, 5.74) is 1.39. The summed E-state index contributed by atoms with van der Waals surface area (Å²) in [7, 11) is 0. The summed E-state index contributed by atoms with van der Waals surface area (Å²) in [6.45, 7) is 2.50. The molecule has 18 heavy (non-hydrogen) atoms. The Balaban J connectivity index is 1.97. The summed E-state index contributed by atoms with van der Waals surface area (Å²) in [5.74, 6) is 0.794. The molecule has 1 aromatic carbocycles. The molecule has 2 rings (SSSR count). The van der Waals surface area contributed by atoms with Crippen LogP contribution in [0, 0.1) is 5.92 Å². The average molecular weight is 312 g/mol. The normalized spacial score (nSPS) is 18.6. The lowest BCUT2D eigenvalue weighted by molar-refractivity contribution is 0.272. The van der Waals surface area contributed by atoms with Gasteiger partial charge in [-0.3, -0.25) is 0 Å². The first-order chi connectivity index (χ1) is 8.70. The Hall–Kier alpha value is -0.380. The van der Waals surface area contributed by atoms with Crippen molar-refractivity contribution in [2.45, 2.75) is 44.7 Å². The van der Waals surface area contributed by atoms with Crippen molar-refractivity contribution in [1.29, 1.82) is 0 Å². The minimum atomic E-state index is 0.290. The van der Waals surface area contributed by atoms with Gasteiger partial charge >= 0.3 is 0 Å². The number of hydrogen-bond donors (Lipinski definition) is 2. The van der Waals surface area contributed by atoms with Gasteiger partial charge in [-0.05, 0) is 56.2 Å². The predicted molar refractivity (Wildman–Crippen MR) is 78.5 cm³/mol. The molecule has 0 heterocycles. The second-order valence-electron chi connectivity index (χ2n) is 5.30. The molecule has 3 heteroatoms. The van der Waals surface area contributed by atoms with Crippen LogP contribution in [-0.2, 0) is 0 Å². The molecule has 1 aromatic rings. The highest BCUT2D eigenvalue weighted by Crippen LogP contribution is 2.41. The Kier molecular flexibility index (Phi) is 5.22.